The number of rotatable bonds is 3. The van der Waals surface area contributed by atoms with E-state index in [-0.39, 0.29) is 41.1 Å². The first-order valence-electron chi connectivity index (χ1n) is 5.32. The summed E-state index contributed by atoms with van der Waals surface area (Å²) in [5, 5.41) is 17.7. The fraction of sp³-hybridized carbons (Fsp3) is 0.143. The zero-order valence-electron chi connectivity index (χ0n) is 11.0. The van der Waals surface area contributed by atoms with Gasteiger partial charge in [0.05, 0.1) is 0 Å². The SMILES string of the molecule is C[O-].Oc1ccc(F)cc1OCc1ccccc1.[Na+]. The number of ether oxygens (including phenoxy) is 1. The summed E-state index contributed by atoms with van der Waals surface area (Å²) >= 11 is 0. The minimum atomic E-state index is -0.430. The Bertz CT molecular complexity index is 477. The molecule has 19 heavy (non-hydrogen) atoms. The molecule has 0 radical (unpaired) electrons. The van der Waals surface area contributed by atoms with Crippen molar-refractivity contribution in [3.63, 3.8) is 0 Å². The first-order valence-corrected chi connectivity index (χ1v) is 5.32. The minimum Gasteiger partial charge on any atom is -0.857 e. The summed E-state index contributed by atoms with van der Waals surface area (Å²) in [5.41, 5.74) is 0.964. The average Bonchev–Trinajstić information content (AvgIpc) is 2.43. The van der Waals surface area contributed by atoms with Crippen LogP contribution in [0.4, 0.5) is 4.39 Å². The van der Waals surface area contributed by atoms with Gasteiger partial charge in [0.2, 0.25) is 0 Å². The molecule has 0 heterocycles. The van der Waals surface area contributed by atoms with E-state index >= 15 is 0 Å². The van der Waals surface area contributed by atoms with E-state index in [1.165, 1.54) is 12.1 Å². The topological polar surface area (TPSA) is 52.5 Å². The maximum atomic E-state index is 12.9. The van der Waals surface area contributed by atoms with Crippen LogP contribution in [0.2, 0.25) is 0 Å². The van der Waals surface area contributed by atoms with Crippen LogP contribution in [0.5, 0.6) is 11.5 Å². The molecule has 2 rings (SSSR count). The average molecular weight is 272 g/mol. The van der Waals surface area contributed by atoms with E-state index in [9.17, 15) is 9.50 Å². The Hall–Kier alpha value is -1.07. The Morgan fingerprint density at radius 1 is 1.11 bits per heavy atom. The molecular weight excluding hydrogens is 258 g/mol. The molecule has 0 aliphatic carbocycles. The summed E-state index contributed by atoms with van der Waals surface area (Å²) in [6.45, 7) is 0.303. The molecule has 96 valence electrons. The van der Waals surface area contributed by atoms with Gasteiger partial charge in [0, 0.05) is 6.07 Å². The van der Waals surface area contributed by atoms with Crippen LogP contribution in [0.15, 0.2) is 48.5 Å². The molecule has 0 fully saturated rings. The van der Waals surface area contributed by atoms with Crippen LogP contribution in [0, 0.1) is 5.82 Å². The molecule has 0 atom stereocenters. The van der Waals surface area contributed by atoms with Gasteiger partial charge in [-0.15, -0.1) is 0 Å². The van der Waals surface area contributed by atoms with Crippen molar-refractivity contribution >= 4 is 0 Å². The summed E-state index contributed by atoms with van der Waals surface area (Å²) in [6.07, 6.45) is 0. The van der Waals surface area contributed by atoms with Crippen molar-refractivity contribution in [3.8, 4) is 11.5 Å². The van der Waals surface area contributed by atoms with Crippen molar-refractivity contribution in [2.75, 3.05) is 7.11 Å². The molecule has 0 saturated carbocycles. The third kappa shape index (κ3) is 6.07. The molecule has 0 amide bonds. The first kappa shape index (κ1) is 17.9. The number of hydrogen-bond acceptors (Lipinski definition) is 3. The number of halogens is 1. The van der Waals surface area contributed by atoms with E-state index in [4.69, 9.17) is 9.84 Å². The molecule has 0 aliphatic heterocycles. The predicted molar refractivity (Wildman–Crippen MR) is 64.8 cm³/mol. The van der Waals surface area contributed by atoms with Gasteiger partial charge in [0.1, 0.15) is 12.4 Å². The zero-order valence-corrected chi connectivity index (χ0v) is 13.0. The van der Waals surface area contributed by atoms with E-state index in [1.807, 2.05) is 30.3 Å². The van der Waals surface area contributed by atoms with Crippen LogP contribution in [0.25, 0.3) is 0 Å². The van der Waals surface area contributed by atoms with Crippen LogP contribution in [-0.4, -0.2) is 12.2 Å². The van der Waals surface area contributed by atoms with E-state index in [0.717, 1.165) is 18.7 Å². The van der Waals surface area contributed by atoms with Gasteiger partial charge in [-0.2, -0.15) is 7.11 Å². The zero-order chi connectivity index (χ0) is 13.4. The Balaban J connectivity index is 0.00000103. The van der Waals surface area contributed by atoms with Gasteiger partial charge < -0.3 is 14.9 Å². The molecule has 5 heteroatoms. The Labute approximate surface area is 134 Å². The van der Waals surface area contributed by atoms with E-state index in [0.29, 0.717) is 6.61 Å². The molecule has 0 bridgehead atoms. The van der Waals surface area contributed by atoms with Gasteiger partial charge in [-0.25, -0.2) is 4.39 Å². The quantitative estimate of drug-likeness (QED) is 0.736. The van der Waals surface area contributed by atoms with Crippen LogP contribution in [0.1, 0.15) is 5.56 Å². The Morgan fingerprint density at radius 3 is 2.37 bits per heavy atom. The number of benzene rings is 2. The molecule has 0 aromatic heterocycles. The number of hydrogen-bond donors (Lipinski definition) is 1. The molecule has 2 aromatic carbocycles. The van der Waals surface area contributed by atoms with Gasteiger partial charge in [0.15, 0.2) is 11.5 Å². The smallest absolute Gasteiger partial charge is 0.857 e. The second-order valence-corrected chi connectivity index (χ2v) is 3.39. The molecule has 0 unspecified atom stereocenters. The molecular formula is C14H14FNaO3. The van der Waals surface area contributed by atoms with Crippen LogP contribution in [-0.2, 0) is 6.61 Å². The fourth-order valence-electron chi connectivity index (χ4n) is 1.34. The van der Waals surface area contributed by atoms with Crippen LogP contribution < -0.4 is 39.4 Å². The summed E-state index contributed by atoms with van der Waals surface area (Å²) in [4.78, 5) is 0. The van der Waals surface area contributed by atoms with Crippen molar-refractivity contribution in [1.29, 1.82) is 0 Å². The second kappa shape index (κ2) is 9.81. The third-order valence-electron chi connectivity index (χ3n) is 2.16. The Morgan fingerprint density at radius 2 is 1.74 bits per heavy atom. The van der Waals surface area contributed by atoms with Crippen LogP contribution in [0.3, 0.4) is 0 Å². The standard InChI is InChI=1S/C13H11FO2.CH3O.Na/c14-11-6-7-12(15)13(8-11)16-9-10-4-2-1-3-5-10;1-2;/h1-8,15H,9H2;1H3;/q;-1;+1. The second-order valence-electron chi connectivity index (χ2n) is 3.39. The van der Waals surface area contributed by atoms with Crippen molar-refractivity contribution in [3.05, 3.63) is 59.9 Å². The third-order valence-corrected chi connectivity index (χ3v) is 2.16. The molecule has 0 aliphatic rings. The largest absolute Gasteiger partial charge is 1.00 e. The first-order chi connectivity index (χ1) is 8.75. The minimum absolute atomic E-state index is 0. The Kier molecular flexibility index (Phi) is 9.26. The molecule has 3 nitrogen and oxygen atoms in total. The number of phenolic OH excluding ortho intramolecular Hbond substituents is 1. The van der Waals surface area contributed by atoms with Crippen LogP contribution >= 0.6 is 0 Å². The van der Waals surface area contributed by atoms with Crippen molar-refractivity contribution in [1.82, 2.24) is 0 Å². The van der Waals surface area contributed by atoms with E-state index in [1.54, 1.807) is 0 Å². The maximum absolute atomic E-state index is 12.9. The monoisotopic (exact) mass is 272 g/mol. The van der Waals surface area contributed by atoms with Crippen molar-refractivity contribution in [2.24, 2.45) is 0 Å². The normalized spacial score (nSPS) is 8.79. The van der Waals surface area contributed by atoms with Gasteiger partial charge >= 0.3 is 29.6 Å². The van der Waals surface area contributed by atoms with Crippen molar-refractivity contribution in [2.45, 2.75) is 6.61 Å². The van der Waals surface area contributed by atoms with Gasteiger partial charge in [-0.3, -0.25) is 0 Å². The summed E-state index contributed by atoms with van der Waals surface area (Å²) in [6, 6.07) is 13.1. The number of phenols is 1. The van der Waals surface area contributed by atoms with Gasteiger partial charge in [0.25, 0.3) is 0 Å². The fourth-order valence-corrected chi connectivity index (χ4v) is 1.34. The van der Waals surface area contributed by atoms with E-state index in [2.05, 4.69) is 0 Å². The molecule has 0 spiro atoms. The van der Waals surface area contributed by atoms with Crippen molar-refractivity contribution < 1.29 is 48.9 Å². The number of aromatic hydroxyl groups is 1. The summed E-state index contributed by atoms with van der Waals surface area (Å²) in [7, 11) is 0.750. The predicted octanol–water partition coefficient (Wildman–Crippen LogP) is -0.909. The van der Waals surface area contributed by atoms with Gasteiger partial charge in [-0.1, -0.05) is 30.3 Å². The maximum Gasteiger partial charge on any atom is 1.00 e. The molecule has 1 N–H and O–H groups in total. The molecule has 2 aromatic rings. The van der Waals surface area contributed by atoms with Gasteiger partial charge in [-0.05, 0) is 17.7 Å². The summed E-state index contributed by atoms with van der Waals surface area (Å²) < 4.78 is 18.2. The summed E-state index contributed by atoms with van der Waals surface area (Å²) in [5.74, 6) is -0.331. The molecule has 0 saturated heterocycles. The van der Waals surface area contributed by atoms with E-state index < -0.39 is 5.82 Å².